The Morgan fingerprint density at radius 3 is 2.60 bits per heavy atom. The van der Waals surface area contributed by atoms with Crippen LogP contribution in [0.3, 0.4) is 0 Å². The topological polar surface area (TPSA) is 90.9 Å². The monoisotopic (exact) mass is 290 g/mol. The van der Waals surface area contributed by atoms with Crippen LogP contribution in [-0.4, -0.2) is 23.2 Å². The van der Waals surface area contributed by atoms with Gasteiger partial charge < -0.3 is 0 Å². The zero-order valence-electron chi connectivity index (χ0n) is 10.7. The Balaban J connectivity index is 1.83. The van der Waals surface area contributed by atoms with Gasteiger partial charge in [0.15, 0.2) is 0 Å². The average Bonchev–Trinajstić information content (AvgIpc) is 3.10. The number of hydrogen-bond donors (Lipinski definition) is 1. The summed E-state index contributed by atoms with van der Waals surface area (Å²) >= 11 is 0. The first-order chi connectivity index (χ1) is 9.55. The molecule has 2 aromatic rings. The van der Waals surface area contributed by atoms with Crippen LogP contribution in [0.15, 0.2) is 29.4 Å². The van der Waals surface area contributed by atoms with Crippen LogP contribution in [0.4, 0.5) is 0 Å². The maximum Gasteiger partial charge on any atom is 0.273 e. The number of rotatable bonds is 3. The largest absolute Gasteiger partial charge is 0.297 e. The van der Waals surface area contributed by atoms with Crippen LogP contribution in [0, 0.1) is 0 Å². The molecule has 0 spiro atoms. The quantitative estimate of drug-likeness (QED) is 0.911. The SMILES string of the molecule is NS(=O)(=O)c1nnc(C2Cc3ccccc32)n1C1CC1. The number of primary sulfonamides is 1. The maximum absolute atomic E-state index is 11.6. The molecule has 0 bridgehead atoms. The molecule has 1 saturated carbocycles. The van der Waals surface area contributed by atoms with Crippen molar-refractivity contribution in [1.82, 2.24) is 14.8 Å². The molecule has 6 nitrogen and oxygen atoms in total. The highest BCUT2D eigenvalue weighted by Gasteiger charge is 2.38. The Kier molecular flexibility index (Phi) is 2.34. The van der Waals surface area contributed by atoms with E-state index in [4.69, 9.17) is 5.14 Å². The highest BCUT2D eigenvalue weighted by Crippen LogP contribution is 2.44. The van der Waals surface area contributed by atoms with Crippen LogP contribution in [0.2, 0.25) is 0 Å². The van der Waals surface area contributed by atoms with Crippen LogP contribution >= 0.6 is 0 Å². The van der Waals surface area contributed by atoms with Gasteiger partial charge in [-0.1, -0.05) is 24.3 Å². The Hall–Kier alpha value is -1.73. The zero-order chi connectivity index (χ0) is 13.9. The molecule has 1 unspecified atom stereocenters. The van der Waals surface area contributed by atoms with Gasteiger partial charge in [0, 0.05) is 12.0 Å². The van der Waals surface area contributed by atoms with Gasteiger partial charge in [0.05, 0.1) is 0 Å². The molecule has 4 rings (SSSR count). The summed E-state index contributed by atoms with van der Waals surface area (Å²) in [5.74, 6) is 0.866. The Bertz CT molecular complexity index is 792. The van der Waals surface area contributed by atoms with Crippen LogP contribution in [0.1, 0.15) is 41.8 Å². The summed E-state index contributed by atoms with van der Waals surface area (Å²) in [7, 11) is -3.82. The second-order valence-corrected chi connectivity index (χ2v) is 6.90. The third-order valence-electron chi connectivity index (χ3n) is 4.02. The van der Waals surface area contributed by atoms with Gasteiger partial charge in [0.25, 0.3) is 15.2 Å². The van der Waals surface area contributed by atoms with Gasteiger partial charge in [-0.2, -0.15) is 0 Å². The molecule has 2 aliphatic carbocycles. The molecule has 2 aliphatic rings. The summed E-state index contributed by atoms with van der Waals surface area (Å²) in [6.45, 7) is 0. The minimum Gasteiger partial charge on any atom is -0.297 e. The van der Waals surface area contributed by atoms with Crippen molar-refractivity contribution in [3.63, 3.8) is 0 Å². The second-order valence-electron chi connectivity index (χ2n) is 5.44. The lowest BCUT2D eigenvalue weighted by Crippen LogP contribution is -2.24. The van der Waals surface area contributed by atoms with E-state index < -0.39 is 10.0 Å². The van der Waals surface area contributed by atoms with Crippen molar-refractivity contribution in [2.45, 2.75) is 36.4 Å². The summed E-state index contributed by atoms with van der Waals surface area (Å²) in [5.41, 5.74) is 2.50. The van der Waals surface area contributed by atoms with Gasteiger partial charge >= 0.3 is 0 Å². The van der Waals surface area contributed by atoms with E-state index in [-0.39, 0.29) is 17.1 Å². The second kappa shape index (κ2) is 3.89. The standard InChI is InChI=1S/C13H14N4O2S/c14-20(18,19)13-16-15-12(17(13)9-5-6-9)11-7-8-3-1-2-4-10(8)11/h1-4,9,11H,5-7H2,(H2,14,18,19). The molecule has 0 amide bonds. The van der Waals surface area contributed by atoms with E-state index in [1.54, 1.807) is 4.57 Å². The van der Waals surface area contributed by atoms with E-state index in [9.17, 15) is 8.42 Å². The number of benzene rings is 1. The van der Waals surface area contributed by atoms with E-state index in [0.29, 0.717) is 0 Å². The number of nitrogens with zero attached hydrogens (tertiary/aromatic N) is 3. The minimum absolute atomic E-state index is 0.0978. The van der Waals surface area contributed by atoms with Crippen LogP contribution in [0.5, 0.6) is 0 Å². The number of aromatic nitrogens is 3. The van der Waals surface area contributed by atoms with Gasteiger partial charge in [0.2, 0.25) is 0 Å². The molecule has 0 saturated heterocycles. The molecule has 0 aliphatic heterocycles. The Morgan fingerprint density at radius 1 is 1.20 bits per heavy atom. The van der Waals surface area contributed by atoms with Gasteiger partial charge in [-0.25, -0.2) is 13.6 Å². The van der Waals surface area contributed by atoms with Gasteiger partial charge in [-0.15, -0.1) is 10.2 Å². The summed E-state index contributed by atoms with van der Waals surface area (Å²) < 4.78 is 25.0. The normalized spacial score (nSPS) is 21.4. The predicted molar refractivity (Wildman–Crippen MR) is 71.7 cm³/mol. The van der Waals surface area contributed by atoms with E-state index in [2.05, 4.69) is 22.3 Å². The van der Waals surface area contributed by atoms with Crippen molar-refractivity contribution in [2.24, 2.45) is 5.14 Å². The van der Waals surface area contributed by atoms with Crippen molar-refractivity contribution in [2.75, 3.05) is 0 Å². The lowest BCUT2D eigenvalue weighted by Gasteiger charge is -2.29. The Morgan fingerprint density at radius 2 is 1.95 bits per heavy atom. The molecule has 0 radical (unpaired) electrons. The number of fused-ring (bicyclic) bond motifs is 1. The minimum atomic E-state index is -3.82. The summed E-state index contributed by atoms with van der Waals surface area (Å²) in [5, 5.41) is 13.1. The fraction of sp³-hybridized carbons (Fsp3) is 0.385. The van der Waals surface area contributed by atoms with Crippen LogP contribution in [-0.2, 0) is 16.4 Å². The summed E-state index contributed by atoms with van der Waals surface area (Å²) in [6, 6.07) is 8.33. The molecule has 1 fully saturated rings. The lowest BCUT2D eigenvalue weighted by molar-refractivity contribution is 0.539. The molecule has 1 aromatic carbocycles. The summed E-state index contributed by atoms with van der Waals surface area (Å²) in [4.78, 5) is 0. The molecule has 2 N–H and O–H groups in total. The van der Waals surface area contributed by atoms with E-state index in [1.807, 2.05) is 12.1 Å². The molecule has 1 atom stereocenters. The predicted octanol–water partition coefficient (Wildman–Crippen LogP) is 0.948. The van der Waals surface area contributed by atoms with Crippen LogP contribution in [0.25, 0.3) is 0 Å². The number of sulfonamides is 1. The van der Waals surface area contributed by atoms with Crippen molar-refractivity contribution < 1.29 is 8.42 Å². The molecule has 1 heterocycles. The van der Waals surface area contributed by atoms with Gasteiger partial charge in [0.1, 0.15) is 5.82 Å². The average molecular weight is 290 g/mol. The number of hydrogen-bond acceptors (Lipinski definition) is 4. The zero-order valence-corrected chi connectivity index (χ0v) is 11.5. The smallest absolute Gasteiger partial charge is 0.273 e. The van der Waals surface area contributed by atoms with E-state index in [0.717, 1.165) is 25.1 Å². The fourth-order valence-corrected chi connectivity index (χ4v) is 3.56. The Labute approximate surface area is 116 Å². The highest BCUT2D eigenvalue weighted by atomic mass is 32.2. The lowest BCUT2D eigenvalue weighted by atomic mass is 9.77. The first kappa shape index (κ1) is 12.0. The summed E-state index contributed by atoms with van der Waals surface area (Å²) in [6.07, 6.45) is 2.80. The van der Waals surface area contributed by atoms with E-state index in [1.165, 1.54) is 11.1 Å². The van der Waals surface area contributed by atoms with Crippen molar-refractivity contribution in [3.05, 3.63) is 41.2 Å². The molecule has 7 heteroatoms. The van der Waals surface area contributed by atoms with E-state index >= 15 is 0 Å². The first-order valence-electron chi connectivity index (χ1n) is 6.61. The fourth-order valence-electron chi connectivity index (χ4n) is 2.89. The van der Waals surface area contributed by atoms with Crippen LogP contribution < -0.4 is 5.14 Å². The molecule has 1 aromatic heterocycles. The van der Waals surface area contributed by atoms with Gasteiger partial charge in [-0.3, -0.25) is 4.57 Å². The van der Waals surface area contributed by atoms with Gasteiger partial charge in [-0.05, 0) is 30.4 Å². The van der Waals surface area contributed by atoms with Crippen molar-refractivity contribution in [1.29, 1.82) is 0 Å². The highest BCUT2D eigenvalue weighted by molar-refractivity contribution is 7.89. The molecule has 104 valence electrons. The first-order valence-corrected chi connectivity index (χ1v) is 8.16. The maximum atomic E-state index is 11.6. The molecular formula is C13H14N4O2S. The third kappa shape index (κ3) is 1.70. The molecule has 20 heavy (non-hydrogen) atoms. The van der Waals surface area contributed by atoms with Crippen molar-refractivity contribution >= 4 is 10.0 Å². The third-order valence-corrected chi connectivity index (χ3v) is 4.81. The number of nitrogens with two attached hydrogens (primary N) is 1. The molecular weight excluding hydrogens is 276 g/mol. The van der Waals surface area contributed by atoms with Crippen molar-refractivity contribution in [3.8, 4) is 0 Å².